The minimum atomic E-state index is -3.61. The second-order valence-corrected chi connectivity index (χ2v) is 10.8. The highest BCUT2D eigenvalue weighted by Crippen LogP contribution is 2.36. The Morgan fingerprint density at radius 3 is 2.24 bits per heavy atom. The largest absolute Gasteiger partial charge is 0.378 e. The average Bonchev–Trinajstić information content (AvgIpc) is 3.30. The smallest absolute Gasteiger partial charge is 0.264 e. The Kier molecular flexibility index (Phi) is 5.91. The van der Waals surface area contributed by atoms with Gasteiger partial charge >= 0.3 is 0 Å². The lowest BCUT2D eigenvalue weighted by atomic mass is 10.0. The van der Waals surface area contributed by atoms with E-state index in [-0.39, 0.29) is 5.91 Å². The topological polar surface area (TPSA) is 66.9 Å². The van der Waals surface area contributed by atoms with E-state index < -0.39 is 10.0 Å². The Bertz CT molecular complexity index is 1340. The van der Waals surface area contributed by atoms with Gasteiger partial charge in [0.05, 0.1) is 23.8 Å². The lowest BCUT2D eigenvalue weighted by molar-refractivity contribution is 0.0303. The molecule has 0 bridgehead atoms. The molecule has 2 aliphatic rings. The first-order valence-electron chi connectivity index (χ1n) is 11.5. The molecular formula is C27H28N2O4S. The molecule has 5 rings (SSSR count). The van der Waals surface area contributed by atoms with Gasteiger partial charge in [0.25, 0.3) is 15.9 Å². The van der Waals surface area contributed by atoms with Crippen LogP contribution in [0.3, 0.4) is 0 Å². The molecule has 176 valence electrons. The van der Waals surface area contributed by atoms with Crippen molar-refractivity contribution in [3.05, 3.63) is 82.9 Å². The summed E-state index contributed by atoms with van der Waals surface area (Å²) in [6.45, 7) is 6.73. The van der Waals surface area contributed by atoms with Crippen molar-refractivity contribution in [2.24, 2.45) is 0 Å². The van der Waals surface area contributed by atoms with Crippen LogP contribution in [-0.2, 0) is 21.2 Å². The van der Waals surface area contributed by atoms with Crippen molar-refractivity contribution in [2.75, 3.05) is 37.2 Å². The number of aryl methyl sites for hydroxylation is 2. The number of rotatable bonds is 4. The Hall–Kier alpha value is -3.16. The number of benzene rings is 3. The molecule has 0 aliphatic carbocycles. The molecule has 0 aromatic heterocycles. The number of sulfonamides is 1. The van der Waals surface area contributed by atoms with Crippen molar-refractivity contribution >= 4 is 21.6 Å². The van der Waals surface area contributed by atoms with Crippen molar-refractivity contribution < 1.29 is 17.9 Å². The number of anilines is 1. The number of hydrogen-bond donors (Lipinski definition) is 0. The average molecular weight is 477 g/mol. The van der Waals surface area contributed by atoms with Gasteiger partial charge < -0.3 is 9.64 Å². The van der Waals surface area contributed by atoms with Gasteiger partial charge in [-0.2, -0.15) is 0 Å². The summed E-state index contributed by atoms with van der Waals surface area (Å²) in [5, 5.41) is 0. The van der Waals surface area contributed by atoms with Crippen LogP contribution >= 0.6 is 0 Å². The van der Waals surface area contributed by atoms with E-state index in [4.69, 9.17) is 4.74 Å². The lowest BCUT2D eigenvalue weighted by Crippen LogP contribution is -2.40. The SMILES string of the molecule is Cc1ccc(S(=O)(=O)N2CCc3cc(-c4ccc(C(=O)N5CCOCC5)cc4)ccc32)cc1C. The van der Waals surface area contributed by atoms with E-state index in [2.05, 4.69) is 6.07 Å². The van der Waals surface area contributed by atoms with E-state index >= 15 is 0 Å². The fourth-order valence-corrected chi connectivity index (χ4v) is 6.15. The quantitative estimate of drug-likeness (QED) is 0.566. The van der Waals surface area contributed by atoms with Crippen LogP contribution in [0.1, 0.15) is 27.0 Å². The first kappa shape index (κ1) is 22.6. The number of ether oxygens (including phenoxy) is 1. The third-order valence-electron chi connectivity index (χ3n) is 6.76. The zero-order chi connectivity index (χ0) is 23.9. The van der Waals surface area contributed by atoms with E-state index in [1.54, 1.807) is 12.1 Å². The van der Waals surface area contributed by atoms with E-state index in [9.17, 15) is 13.2 Å². The molecule has 0 atom stereocenters. The number of amides is 1. The minimum absolute atomic E-state index is 0.0241. The second-order valence-electron chi connectivity index (χ2n) is 8.90. The normalized spacial score (nSPS) is 15.9. The zero-order valence-electron chi connectivity index (χ0n) is 19.5. The third-order valence-corrected chi connectivity index (χ3v) is 8.57. The molecule has 7 heteroatoms. The Balaban J connectivity index is 1.38. The fourth-order valence-electron chi connectivity index (χ4n) is 4.56. The summed E-state index contributed by atoms with van der Waals surface area (Å²) in [5.41, 5.74) is 6.46. The van der Waals surface area contributed by atoms with Crippen LogP contribution in [0.15, 0.2) is 65.6 Å². The standard InChI is InChI=1S/C27H28N2O4S/c1-19-3-9-25(17-20(19)2)34(31,32)29-12-11-24-18-23(8-10-26(24)29)21-4-6-22(7-5-21)27(30)28-13-15-33-16-14-28/h3-10,17-18H,11-16H2,1-2H3. The van der Waals surface area contributed by atoms with E-state index in [0.717, 1.165) is 33.5 Å². The monoisotopic (exact) mass is 476 g/mol. The summed E-state index contributed by atoms with van der Waals surface area (Å²) in [6, 6.07) is 18.8. The third kappa shape index (κ3) is 4.10. The van der Waals surface area contributed by atoms with Gasteiger partial charge in [0.1, 0.15) is 0 Å². The van der Waals surface area contributed by atoms with Gasteiger partial charge in [0, 0.05) is 25.2 Å². The number of carbonyl (C=O) groups excluding carboxylic acids is 1. The number of hydrogen-bond acceptors (Lipinski definition) is 4. The Morgan fingerprint density at radius 2 is 1.53 bits per heavy atom. The predicted octanol–water partition coefficient (Wildman–Crippen LogP) is 4.19. The molecule has 3 aromatic rings. The van der Waals surface area contributed by atoms with Crippen LogP contribution < -0.4 is 4.31 Å². The summed E-state index contributed by atoms with van der Waals surface area (Å²) in [4.78, 5) is 14.8. The second kappa shape index (κ2) is 8.89. The lowest BCUT2D eigenvalue weighted by Gasteiger charge is -2.26. The van der Waals surface area contributed by atoms with Crippen LogP contribution in [0.25, 0.3) is 11.1 Å². The maximum absolute atomic E-state index is 13.3. The first-order chi connectivity index (χ1) is 16.3. The molecule has 6 nitrogen and oxygen atoms in total. The molecule has 3 aromatic carbocycles. The summed E-state index contributed by atoms with van der Waals surface area (Å²) >= 11 is 0. The number of carbonyl (C=O) groups is 1. The van der Waals surface area contributed by atoms with E-state index in [0.29, 0.717) is 49.7 Å². The maximum atomic E-state index is 13.3. The van der Waals surface area contributed by atoms with Gasteiger partial charge in [0.2, 0.25) is 0 Å². The summed E-state index contributed by atoms with van der Waals surface area (Å²) < 4.78 is 33.5. The first-order valence-corrected chi connectivity index (χ1v) is 13.0. The highest BCUT2D eigenvalue weighted by molar-refractivity contribution is 7.92. The molecule has 0 spiro atoms. The van der Waals surface area contributed by atoms with Crippen molar-refractivity contribution in [1.82, 2.24) is 4.90 Å². The number of morpholine rings is 1. The van der Waals surface area contributed by atoms with Gasteiger partial charge in [0.15, 0.2) is 0 Å². The zero-order valence-corrected chi connectivity index (χ0v) is 20.3. The molecule has 0 saturated carbocycles. The molecule has 34 heavy (non-hydrogen) atoms. The molecule has 0 unspecified atom stereocenters. The molecule has 0 N–H and O–H groups in total. The minimum Gasteiger partial charge on any atom is -0.378 e. The Labute approximate surface area is 200 Å². The summed E-state index contributed by atoms with van der Waals surface area (Å²) in [7, 11) is -3.61. The number of nitrogens with zero attached hydrogens (tertiary/aromatic N) is 2. The van der Waals surface area contributed by atoms with Crippen molar-refractivity contribution in [3.8, 4) is 11.1 Å². The molecule has 1 fully saturated rings. The molecule has 2 aliphatic heterocycles. The van der Waals surface area contributed by atoms with Gasteiger partial charge in [-0.3, -0.25) is 9.10 Å². The molecular weight excluding hydrogens is 448 g/mol. The molecule has 1 amide bonds. The number of fused-ring (bicyclic) bond motifs is 1. The van der Waals surface area contributed by atoms with Gasteiger partial charge in [-0.15, -0.1) is 0 Å². The van der Waals surface area contributed by atoms with Crippen LogP contribution in [0.4, 0.5) is 5.69 Å². The van der Waals surface area contributed by atoms with Crippen LogP contribution in [0.2, 0.25) is 0 Å². The van der Waals surface area contributed by atoms with Gasteiger partial charge in [-0.1, -0.05) is 24.3 Å². The predicted molar refractivity (Wildman–Crippen MR) is 133 cm³/mol. The van der Waals surface area contributed by atoms with Crippen LogP contribution in [0, 0.1) is 13.8 Å². The molecule has 2 heterocycles. The highest BCUT2D eigenvalue weighted by atomic mass is 32.2. The Morgan fingerprint density at radius 1 is 0.824 bits per heavy atom. The van der Waals surface area contributed by atoms with Crippen molar-refractivity contribution in [1.29, 1.82) is 0 Å². The fraction of sp³-hybridized carbons (Fsp3) is 0.296. The maximum Gasteiger partial charge on any atom is 0.264 e. The van der Waals surface area contributed by atoms with Crippen molar-refractivity contribution in [3.63, 3.8) is 0 Å². The van der Waals surface area contributed by atoms with E-state index in [1.807, 2.05) is 61.2 Å². The molecule has 1 saturated heterocycles. The summed E-state index contributed by atoms with van der Waals surface area (Å²) in [6.07, 6.45) is 0.668. The van der Waals surface area contributed by atoms with Gasteiger partial charge in [-0.05, 0) is 84.5 Å². The summed E-state index contributed by atoms with van der Waals surface area (Å²) in [5.74, 6) is 0.0241. The van der Waals surface area contributed by atoms with Crippen LogP contribution in [-0.4, -0.2) is 52.1 Å². The van der Waals surface area contributed by atoms with E-state index in [1.165, 1.54) is 4.31 Å². The molecule has 0 radical (unpaired) electrons. The van der Waals surface area contributed by atoms with Crippen LogP contribution in [0.5, 0.6) is 0 Å². The highest BCUT2D eigenvalue weighted by Gasteiger charge is 2.31. The van der Waals surface area contributed by atoms with Gasteiger partial charge in [-0.25, -0.2) is 8.42 Å². The van der Waals surface area contributed by atoms with Crippen molar-refractivity contribution in [2.45, 2.75) is 25.2 Å².